The van der Waals surface area contributed by atoms with Crippen molar-refractivity contribution in [1.82, 2.24) is 29.6 Å². The molecule has 0 N–H and O–H groups in total. The molecule has 0 spiro atoms. The van der Waals surface area contributed by atoms with Crippen LogP contribution in [0.1, 0.15) is 12.8 Å². The number of piperazine rings is 1. The predicted octanol–water partition coefficient (Wildman–Crippen LogP) is 3.83. The molecular weight excluding hydrogens is 544 g/mol. The van der Waals surface area contributed by atoms with E-state index in [1.807, 2.05) is 6.07 Å². The van der Waals surface area contributed by atoms with Crippen LogP contribution < -0.4 is 9.64 Å². The maximum Gasteiger partial charge on any atom is 0.244 e. The molecule has 2 aliphatic rings. The van der Waals surface area contributed by atoms with Gasteiger partial charge in [-0.25, -0.2) is 28.4 Å². The summed E-state index contributed by atoms with van der Waals surface area (Å²) < 4.78 is 39.9. The third-order valence-corrected chi connectivity index (χ3v) is 7.55. The number of halogens is 2. The van der Waals surface area contributed by atoms with Gasteiger partial charge in [0.15, 0.2) is 11.6 Å². The van der Waals surface area contributed by atoms with Gasteiger partial charge in [0.05, 0.1) is 6.61 Å². The first kappa shape index (κ1) is 27.7. The molecule has 0 atom stereocenters. The summed E-state index contributed by atoms with van der Waals surface area (Å²) in [6, 6.07) is 13.5. The monoisotopic (exact) mass is 575 g/mol. The molecule has 4 heterocycles. The lowest BCUT2D eigenvalue weighted by Gasteiger charge is -2.35. The van der Waals surface area contributed by atoms with Gasteiger partial charge in [-0.05, 0) is 67.3 Å². The molecule has 4 aromatic rings. The maximum absolute atomic E-state index is 13.6. The van der Waals surface area contributed by atoms with E-state index >= 15 is 0 Å². The van der Waals surface area contributed by atoms with Crippen LogP contribution in [0.3, 0.4) is 0 Å². The molecule has 2 aromatic heterocycles. The molecule has 2 aliphatic heterocycles. The Hall–Kier alpha value is -4.45. The fourth-order valence-electron chi connectivity index (χ4n) is 5.10. The lowest BCUT2D eigenvalue weighted by molar-refractivity contribution is -0.132. The highest BCUT2D eigenvalue weighted by Crippen LogP contribution is 2.24. The molecule has 2 saturated heterocycles. The van der Waals surface area contributed by atoms with E-state index in [9.17, 15) is 13.6 Å². The Kier molecular flexibility index (Phi) is 8.31. The number of amides is 1. The summed E-state index contributed by atoms with van der Waals surface area (Å²) >= 11 is 0. The van der Waals surface area contributed by atoms with Gasteiger partial charge >= 0.3 is 0 Å². The van der Waals surface area contributed by atoms with Crippen molar-refractivity contribution in [3.8, 4) is 28.7 Å². The van der Waals surface area contributed by atoms with Crippen LogP contribution in [0.25, 0.3) is 22.8 Å². The molecule has 12 heteroatoms. The van der Waals surface area contributed by atoms with Crippen molar-refractivity contribution >= 4 is 11.7 Å². The second kappa shape index (κ2) is 12.6. The van der Waals surface area contributed by atoms with Crippen LogP contribution in [0.2, 0.25) is 0 Å². The number of hydrogen-bond acceptors (Lipinski definition) is 8. The lowest BCUT2D eigenvalue weighted by atomic mass is 10.0. The third kappa shape index (κ3) is 6.54. The number of carbonyl (C=O) groups is 1. The van der Waals surface area contributed by atoms with Crippen molar-refractivity contribution in [2.75, 3.05) is 50.9 Å². The van der Waals surface area contributed by atoms with Crippen LogP contribution in [0.4, 0.5) is 14.6 Å². The number of nitrogens with zero attached hydrogens (tertiary/aromatic N) is 7. The summed E-state index contributed by atoms with van der Waals surface area (Å²) in [6.45, 7) is 4.32. The second-order valence-corrected chi connectivity index (χ2v) is 10.4. The van der Waals surface area contributed by atoms with Crippen LogP contribution in [-0.2, 0) is 16.1 Å². The number of ether oxygens (including phenoxy) is 2. The van der Waals surface area contributed by atoms with E-state index < -0.39 is 0 Å². The molecule has 0 saturated carbocycles. The highest BCUT2D eigenvalue weighted by Gasteiger charge is 2.25. The van der Waals surface area contributed by atoms with E-state index in [0.717, 1.165) is 31.9 Å². The average molecular weight is 576 g/mol. The maximum atomic E-state index is 13.6. The number of hydrogen-bond donors (Lipinski definition) is 0. The number of carbonyl (C=O) groups excluding carboxylic acids is 1. The van der Waals surface area contributed by atoms with Gasteiger partial charge in [0.25, 0.3) is 0 Å². The summed E-state index contributed by atoms with van der Waals surface area (Å²) in [5.41, 5.74) is 1.23. The average Bonchev–Trinajstić information content (AvgIpc) is 3.45. The minimum Gasteiger partial charge on any atom is -0.477 e. The smallest absolute Gasteiger partial charge is 0.244 e. The van der Waals surface area contributed by atoms with Crippen LogP contribution in [0.5, 0.6) is 5.88 Å². The summed E-state index contributed by atoms with van der Waals surface area (Å²) in [5.74, 6) is 1.69. The normalized spacial score (nSPS) is 16.0. The standard InChI is InChI=1S/C30H31F2N7O3/c31-24-5-1-22(2-6-24)29-35-30(23-3-7-25(32)8-4-23)39(36-29)18-28(40)38-13-11-37(12-14-38)26-17-27(34-20-33-26)42-19-21-9-15-41-16-10-21/h1-8,17,20-21H,9-16,18-19H2. The van der Waals surface area contributed by atoms with Crippen molar-refractivity contribution in [3.05, 3.63) is 72.6 Å². The molecular formula is C30H31F2N7O3. The van der Waals surface area contributed by atoms with Gasteiger partial charge in [-0.2, -0.15) is 0 Å². The van der Waals surface area contributed by atoms with Crippen molar-refractivity contribution in [2.45, 2.75) is 19.4 Å². The first-order valence-corrected chi connectivity index (χ1v) is 14.0. The number of aromatic nitrogens is 5. The van der Waals surface area contributed by atoms with Gasteiger partial charge < -0.3 is 19.3 Å². The molecule has 1 amide bonds. The van der Waals surface area contributed by atoms with E-state index in [0.29, 0.717) is 67.4 Å². The van der Waals surface area contributed by atoms with Crippen molar-refractivity contribution in [2.24, 2.45) is 5.92 Å². The Morgan fingerprint density at radius 2 is 1.57 bits per heavy atom. The van der Waals surface area contributed by atoms with E-state index in [2.05, 4.69) is 25.0 Å². The van der Waals surface area contributed by atoms with Crippen LogP contribution >= 0.6 is 0 Å². The minimum absolute atomic E-state index is 0.0430. The van der Waals surface area contributed by atoms with E-state index in [4.69, 9.17) is 9.47 Å². The quantitative estimate of drug-likeness (QED) is 0.313. The zero-order valence-corrected chi connectivity index (χ0v) is 23.0. The number of benzene rings is 2. The molecule has 0 unspecified atom stereocenters. The first-order valence-electron chi connectivity index (χ1n) is 14.0. The summed E-state index contributed by atoms with van der Waals surface area (Å²) in [7, 11) is 0. The van der Waals surface area contributed by atoms with Gasteiger partial charge in [0.1, 0.15) is 30.3 Å². The van der Waals surface area contributed by atoms with E-state index in [1.54, 1.807) is 29.2 Å². The zero-order valence-electron chi connectivity index (χ0n) is 23.0. The summed E-state index contributed by atoms with van der Waals surface area (Å²) in [5, 5.41) is 4.56. The van der Waals surface area contributed by atoms with Crippen LogP contribution in [-0.4, -0.2) is 81.5 Å². The molecule has 0 aliphatic carbocycles. The first-order chi connectivity index (χ1) is 20.5. The molecule has 2 aromatic carbocycles. The molecule has 218 valence electrons. The Morgan fingerprint density at radius 1 is 0.905 bits per heavy atom. The number of rotatable bonds is 8. The lowest BCUT2D eigenvalue weighted by Crippen LogP contribution is -2.50. The van der Waals surface area contributed by atoms with Crippen molar-refractivity contribution in [1.29, 1.82) is 0 Å². The van der Waals surface area contributed by atoms with Crippen molar-refractivity contribution < 1.29 is 23.0 Å². The molecule has 0 radical (unpaired) electrons. The van der Waals surface area contributed by atoms with Gasteiger partial charge in [-0.3, -0.25) is 4.79 Å². The SMILES string of the molecule is O=C(Cn1nc(-c2ccc(F)cc2)nc1-c1ccc(F)cc1)N1CCN(c2cc(OCC3CCOCC3)ncn2)CC1. The Labute approximate surface area is 241 Å². The Balaban J connectivity index is 1.11. The molecule has 42 heavy (non-hydrogen) atoms. The second-order valence-electron chi connectivity index (χ2n) is 10.4. The third-order valence-electron chi connectivity index (χ3n) is 7.55. The fourth-order valence-corrected chi connectivity index (χ4v) is 5.10. The summed E-state index contributed by atoms with van der Waals surface area (Å²) in [6.07, 6.45) is 3.48. The highest BCUT2D eigenvalue weighted by molar-refractivity contribution is 5.77. The highest BCUT2D eigenvalue weighted by atomic mass is 19.1. The largest absolute Gasteiger partial charge is 0.477 e. The number of anilines is 1. The Bertz CT molecular complexity index is 1500. The van der Waals surface area contributed by atoms with Gasteiger partial charge in [-0.15, -0.1) is 5.10 Å². The molecule has 0 bridgehead atoms. The predicted molar refractivity (Wildman–Crippen MR) is 151 cm³/mol. The fraction of sp³-hybridized carbons (Fsp3) is 0.367. The van der Waals surface area contributed by atoms with E-state index in [1.165, 1.54) is 35.3 Å². The zero-order chi connectivity index (χ0) is 28.9. The molecule has 10 nitrogen and oxygen atoms in total. The minimum atomic E-state index is -0.376. The van der Waals surface area contributed by atoms with Gasteiger partial charge in [0.2, 0.25) is 11.8 Å². The van der Waals surface area contributed by atoms with Crippen LogP contribution in [0.15, 0.2) is 60.9 Å². The van der Waals surface area contributed by atoms with Gasteiger partial charge in [0, 0.05) is 56.6 Å². The molecule has 6 rings (SSSR count). The van der Waals surface area contributed by atoms with Crippen LogP contribution in [0, 0.1) is 17.6 Å². The summed E-state index contributed by atoms with van der Waals surface area (Å²) in [4.78, 5) is 30.6. The topological polar surface area (TPSA) is 98.5 Å². The molecule has 2 fully saturated rings. The van der Waals surface area contributed by atoms with Gasteiger partial charge in [-0.1, -0.05) is 0 Å². The Morgan fingerprint density at radius 3 is 2.26 bits per heavy atom. The van der Waals surface area contributed by atoms with E-state index in [-0.39, 0.29) is 24.1 Å². The van der Waals surface area contributed by atoms with Crippen molar-refractivity contribution in [3.63, 3.8) is 0 Å².